The number of Topliss-reactive ketones (excluding diaryl/α,β-unsaturated/α-hetero) is 1. The molecule has 0 aromatic heterocycles. The molecule has 4 aliphatic rings. The lowest BCUT2D eigenvalue weighted by Crippen LogP contribution is -2.48. The van der Waals surface area contributed by atoms with Gasteiger partial charge in [0.25, 0.3) is 5.91 Å². The van der Waals surface area contributed by atoms with Crippen molar-refractivity contribution >= 4 is 34.9 Å². The first-order chi connectivity index (χ1) is 32.6. The number of amides is 1. The van der Waals surface area contributed by atoms with Crippen molar-refractivity contribution in [1.82, 2.24) is 20.0 Å². The van der Waals surface area contributed by atoms with E-state index in [1.165, 1.54) is 23.3 Å². The van der Waals surface area contributed by atoms with Crippen LogP contribution in [0.4, 0.5) is 10.1 Å². The Balaban J connectivity index is 0.000000154. The van der Waals surface area contributed by atoms with E-state index >= 15 is 0 Å². The Morgan fingerprint density at radius 2 is 1.16 bits per heavy atom. The fourth-order valence-corrected chi connectivity index (χ4v) is 8.77. The zero-order chi connectivity index (χ0) is 48.6. The third kappa shape index (κ3) is 15.5. The van der Waals surface area contributed by atoms with Gasteiger partial charge in [0, 0.05) is 102 Å². The van der Waals surface area contributed by atoms with Gasteiger partial charge in [-0.1, -0.05) is 121 Å². The first-order valence-corrected chi connectivity index (χ1v) is 23.2. The summed E-state index contributed by atoms with van der Waals surface area (Å²) in [4.78, 5) is 42.5. The molecule has 1 amide bonds. The number of aliphatic carboxylic acids is 1. The Bertz CT molecular complexity index is 2430. The smallest absolute Gasteiger partial charge is 0.337 e. The van der Waals surface area contributed by atoms with Crippen molar-refractivity contribution in [1.29, 1.82) is 5.26 Å². The number of carbonyl (C=O) groups excluding carboxylic acids is 2. The molecule has 5 aromatic rings. The van der Waals surface area contributed by atoms with Gasteiger partial charge in [-0.05, 0) is 52.6 Å². The van der Waals surface area contributed by atoms with Gasteiger partial charge in [0.2, 0.25) is 0 Å². The molecule has 3 unspecified atom stereocenters. The molecule has 15 heteroatoms. The van der Waals surface area contributed by atoms with Crippen molar-refractivity contribution in [3.05, 3.63) is 173 Å². The Morgan fingerprint density at radius 1 is 0.647 bits per heavy atom. The molecule has 5 N–H and O–H groups in total. The van der Waals surface area contributed by atoms with Gasteiger partial charge in [0.1, 0.15) is 11.6 Å². The van der Waals surface area contributed by atoms with E-state index in [-0.39, 0.29) is 24.7 Å². The second-order valence-corrected chi connectivity index (χ2v) is 18.3. The van der Waals surface area contributed by atoms with Gasteiger partial charge in [-0.25, -0.2) is 9.18 Å². The van der Waals surface area contributed by atoms with E-state index in [4.69, 9.17) is 22.0 Å². The second kappa shape index (κ2) is 24.3. The number of aliphatic hydroxyl groups is 3. The molecular weight excluding hydrogens is 887 g/mol. The molecule has 0 spiro atoms. The van der Waals surface area contributed by atoms with Gasteiger partial charge in [-0.2, -0.15) is 5.26 Å². The molecule has 5 aromatic carbocycles. The lowest BCUT2D eigenvalue weighted by Gasteiger charge is -2.23. The molecule has 3 atom stereocenters. The normalized spacial score (nSPS) is 22.5. The quantitative estimate of drug-likeness (QED) is 0.0970. The number of benzene rings is 5. The maximum absolute atomic E-state index is 13.3. The monoisotopic (exact) mass is 946 g/mol. The molecule has 0 radical (unpaired) electrons. The number of hydrogen-bond acceptors (Lipinski definition) is 11. The second-order valence-electron chi connectivity index (χ2n) is 17.9. The summed E-state index contributed by atoms with van der Waals surface area (Å²) >= 11 is 5.80. The molecular formula is C53H60ClFN6O7. The Labute approximate surface area is 402 Å². The summed E-state index contributed by atoms with van der Waals surface area (Å²) in [5.74, 6) is -1.66. The van der Waals surface area contributed by atoms with E-state index in [0.717, 1.165) is 43.9 Å². The van der Waals surface area contributed by atoms with Crippen LogP contribution in [0.5, 0.6) is 0 Å². The number of carboxylic acid groups (broad SMARTS) is 1. The highest BCUT2D eigenvalue weighted by atomic mass is 35.5. The summed E-state index contributed by atoms with van der Waals surface area (Å²) < 4.78 is 13.3. The van der Waals surface area contributed by atoms with E-state index in [1.807, 2.05) is 113 Å². The third-order valence-electron chi connectivity index (χ3n) is 12.3. The number of carboxylic acids is 1. The van der Waals surface area contributed by atoms with Gasteiger partial charge >= 0.3 is 5.97 Å². The lowest BCUT2D eigenvalue weighted by molar-refractivity contribution is -0.157. The average molecular weight is 948 g/mol. The number of carbonyl (C=O) groups is 3. The Kier molecular flexibility index (Phi) is 18.4. The minimum Gasteiger partial charge on any atom is -0.479 e. The Morgan fingerprint density at radius 3 is 1.65 bits per heavy atom. The molecule has 358 valence electrons. The number of β-amino-alcohol motifs (C(OH)–C–C–N with tert-alkyl or cyclic N) is 3. The van der Waals surface area contributed by atoms with Crippen LogP contribution in [-0.4, -0.2) is 122 Å². The molecule has 9 rings (SSSR count). The maximum Gasteiger partial charge on any atom is 0.337 e. The lowest BCUT2D eigenvalue weighted by atomic mass is 10.0. The predicted octanol–water partition coefficient (Wildman–Crippen LogP) is 6.05. The molecule has 0 saturated carbocycles. The van der Waals surface area contributed by atoms with Gasteiger partial charge in [0.15, 0.2) is 16.8 Å². The number of nitrogens with zero attached hydrogens (tertiary/aromatic N) is 5. The van der Waals surface area contributed by atoms with E-state index in [9.17, 15) is 34.1 Å². The minimum absolute atomic E-state index is 0.115. The maximum atomic E-state index is 13.3. The van der Waals surface area contributed by atoms with Crippen molar-refractivity contribution in [3.8, 4) is 6.07 Å². The number of nitriles is 1. The minimum atomic E-state index is -1.56. The van der Waals surface area contributed by atoms with E-state index in [0.29, 0.717) is 63.3 Å². The fraction of sp³-hybridized carbons (Fsp3) is 0.358. The van der Waals surface area contributed by atoms with Crippen molar-refractivity contribution in [2.45, 2.75) is 68.7 Å². The predicted molar refractivity (Wildman–Crippen MR) is 259 cm³/mol. The first-order valence-electron chi connectivity index (χ1n) is 22.8. The molecule has 13 nitrogen and oxygen atoms in total. The summed E-state index contributed by atoms with van der Waals surface area (Å²) in [6, 6.07) is 45.9. The largest absolute Gasteiger partial charge is 0.479 e. The van der Waals surface area contributed by atoms with Crippen LogP contribution in [-0.2, 0) is 40.6 Å². The van der Waals surface area contributed by atoms with Gasteiger partial charge in [0.05, 0.1) is 19.2 Å². The number of halogens is 2. The van der Waals surface area contributed by atoms with Crippen LogP contribution in [0, 0.1) is 17.1 Å². The molecule has 4 aliphatic heterocycles. The number of hydrogen-bond donors (Lipinski definition) is 5. The number of para-hydroxylation sites is 1. The molecule has 4 heterocycles. The van der Waals surface area contributed by atoms with Crippen molar-refractivity contribution in [3.63, 3.8) is 0 Å². The van der Waals surface area contributed by atoms with Crippen LogP contribution < -0.4 is 10.2 Å². The van der Waals surface area contributed by atoms with Crippen molar-refractivity contribution in [2.24, 2.45) is 0 Å². The van der Waals surface area contributed by atoms with Gasteiger partial charge < -0.3 is 30.6 Å². The number of rotatable bonds is 11. The fourth-order valence-electron chi connectivity index (χ4n) is 8.53. The van der Waals surface area contributed by atoms with Crippen molar-refractivity contribution < 1.29 is 39.2 Å². The molecule has 0 aliphatic carbocycles. The molecule has 4 fully saturated rings. The summed E-state index contributed by atoms with van der Waals surface area (Å²) in [5.41, 5.74) is 1.03. The number of anilines is 1. The summed E-state index contributed by atoms with van der Waals surface area (Å²) in [6.45, 7) is 6.99. The van der Waals surface area contributed by atoms with Crippen LogP contribution in [0.2, 0.25) is 5.02 Å². The van der Waals surface area contributed by atoms with E-state index in [2.05, 4.69) is 39.4 Å². The van der Waals surface area contributed by atoms with Crippen molar-refractivity contribution in [2.75, 3.05) is 57.3 Å². The highest BCUT2D eigenvalue weighted by Crippen LogP contribution is 2.28. The standard InChI is InChI=1S/C18H18ClFN2O2.C12H14N2O.C12H15NO3.C11H13NO/c19-14-8-13(9-15(20)10-14)11-21-17(23)18(24)6-7-22(12-18)16-4-2-1-3-5-16;13-9-12(15)6-7-14(10-12)8-11-4-2-1-3-5-11;14-11(15)12(16)6-7-13(9-12)8-10-4-2-1-3-5-10;13-11-6-7-12(9-11)8-10-4-2-1-3-5-10/h1-5,8-10,24H,6-7,11-12H2,(H,21,23);1-5,15H,6-8,10H2;1-5,16H,6-9H2,(H,14,15);1-5H,6-9H2. The zero-order valence-electron chi connectivity index (χ0n) is 38.1. The molecule has 4 saturated heterocycles. The zero-order valence-corrected chi connectivity index (χ0v) is 38.9. The van der Waals surface area contributed by atoms with Crippen LogP contribution in [0.15, 0.2) is 140 Å². The molecule has 0 bridgehead atoms. The summed E-state index contributed by atoms with van der Waals surface area (Å²) in [5, 5.41) is 50.7. The summed E-state index contributed by atoms with van der Waals surface area (Å²) in [7, 11) is 0. The van der Waals surface area contributed by atoms with E-state index in [1.54, 1.807) is 6.07 Å². The Hall–Kier alpha value is -6.02. The first kappa shape index (κ1) is 51.4. The highest BCUT2D eigenvalue weighted by molar-refractivity contribution is 6.30. The van der Waals surface area contributed by atoms with Crippen LogP contribution in [0.1, 0.15) is 47.9 Å². The van der Waals surface area contributed by atoms with Crippen LogP contribution in [0.3, 0.4) is 0 Å². The topological polar surface area (TPSA) is 181 Å². The molecule has 68 heavy (non-hydrogen) atoms. The number of ketones is 1. The number of likely N-dealkylation sites (tertiary alicyclic amines) is 3. The SMILES string of the molecule is N#CC1(O)CCN(Cc2ccccc2)C1.O=C(NCc1cc(F)cc(Cl)c1)C1(O)CCN(c2ccccc2)C1.O=C(O)C1(O)CCN(Cc2ccccc2)C1.O=C1CCN(Cc2ccccc2)C1. The number of nitrogens with one attached hydrogen (secondary N) is 1. The van der Waals surface area contributed by atoms with Gasteiger partial charge in [-0.3, -0.25) is 24.3 Å². The van der Waals surface area contributed by atoms with Crippen LogP contribution >= 0.6 is 11.6 Å². The highest BCUT2D eigenvalue weighted by Gasteiger charge is 2.44. The van der Waals surface area contributed by atoms with Gasteiger partial charge in [-0.15, -0.1) is 0 Å². The average Bonchev–Trinajstić information content (AvgIpc) is 4.14. The van der Waals surface area contributed by atoms with E-state index < -0.39 is 34.5 Å². The third-order valence-corrected chi connectivity index (χ3v) is 12.5. The summed E-state index contributed by atoms with van der Waals surface area (Å²) in [6.07, 6.45) is 1.93. The van der Waals surface area contributed by atoms with Crippen LogP contribution in [0.25, 0.3) is 0 Å².